The summed E-state index contributed by atoms with van der Waals surface area (Å²) in [5.41, 5.74) is 0. The second-order valence-electron chi connectivity index (χ2n) is 9.86. The lowest BCUT2D eigenvalue weighted by atomic mass is 9.90. The number of hydrogen-bond donors (Lipinski definition) is 1. The van der Waals surface area contributed by atoms with Gasteiger partial charge in [-0.1, -0.05) is 41.0 Å². The molecule has 6 atom stereocenters. The Bertz CT molecular complexity index is 642. The Morgan fingerprint density at radius 1 is 1.09 bits per heavy atom. The highest BCUT2D eigenvalue weighted by Crippen LogP contribution is 2.29. The van der Waals surface area contributed by atoms with E-state index in [1.807, 2.05) is 32.7 Å². The molecule has 1 heterocycles. The average Bonchev–Trinajstić information content (AvgIpc) is 3.26. The molecule has 1 rings (SSSR count). The number of nitrogens with one attached hydrogen (secondary N) is 1. The number of carbonyl (C=O) groups is 3. The van der Waals surface area contributed by atoms with E-state index in [0.29, 0.717) is 13.0 Å². The van der Waals surface area contributed by atoms with Gasteiger partial charge < -0.3 is 24.6 Å². The van der Waals surface area contributed by atoms with Crippen LogP contribution in [-0.2, 0) is 23.9 Å². The molecule has 0 aromatic rings. The van der Waals surface area contributed by atoms with Crippen LogP contribution in [0.3, 0.4) is 0 Å². The molecule has 0 saturated carbocycles. The molecule has 192 valence electrons. The van der Waals surface area contributed by atoms with Gasteiger partial charge in [0.15, 0.2) is 0 Å². The zero-order valence-corrected chi connectivity index (χ0v) is 22.2. The van der Waals surface area contributed by atoms with E-state index in [1.165, 1.54) is 0 Å². The minimum absolute atomic E-state index is 0.0199. The monoisotopic (exact) mass is 469 g/mol. The van der Waals surface area contributed by atoms with Crippen LogP contribution in [0.25, 0.3) is 0 Å². The standard InChI is InChI=1S/C25H47N3O5/c1-10-17(4)23(27(7)21(29)14-16(2)3)20(32-8)15-22(30)28-13-11-12-19(28)24(33-9)18(5)25(31)26-6/h16-20,23-24H,10-15H2,1-9H3,(H,26,31)/t17?,18?,19-,20?,23?,24?/m0/s1. The van der Waals surface area contributed by atoms with Gasteiger partial charge in [0.05, 0.1) is 36.6 Å². The number of methoxy groups -OCH3 is 2. The lowest BCUT2D eigenvalue weighted by Gasteiger charge is -2.39. The number of rotatable bonds is 13. The average molecular weight is 470 g/mol. The summed E-state index contributed by atoms with van der Waals surface area (Å²) in [4.78, 5) is 42.2. The first kappa shape index (κ1) is 29.4. The Morgan fingerprint density at radius 2 is 1.73 bits per heavy atom. The van der Waals surface area contributed by atoms with Crippen LogP contribution < -0.4 is 5.32 Å². The first-order valence-corrected chi connectivity index (χ1v) is 12.4. The maximum absolute atomic E-state index is 13.5. The summed E-state index contributed by atoms with van der Waals surface area (Å²) in [7, 11) is 6.64. The molecule has 1 aliphatic rings. The molecule has 33 heavy (non-hydrogen) atoms. The van der Waals surface area contributed by atoms with Crippen LogP contribution in [0.5, 0.6) is 0 Å². The van der Waals surface area contributed by atoms with Crippen molar-refractivity contribution in [2.75, 3.05) is 34.9 Å². The van der Waals surface area contributed by atoms with Crippen molar-refractivity contribution in [1.29, 1.82) is 0 Å². The fourth-order valence-electron chi connectivity index (χ4n) is 5.05. The number of hydrogen-bond acceptors (Lipinski definition) is 5. The van der Waals surface area contributed by atoms with Gasteiger partial charge in [0.2, 0.25) is 17.7 Å². The second kappa shape index (κ2) is 13.9. The molecule has 8 nitrogen and oxygen atoms in total. The SMILES string of the molecule is CCC(C)C(C(CC(=O)N1CCC[C@H]1C(OC)C(C)C(=O)NC)OC)N(C)C(=O)CC(C)C. The van der Waals surface area contributed by atoms with Crippen molar-refractivity contribution in [2.24, 2.45) is 17.8 Å². The van der Waals surface area contributed by atoms with Crippen LogP contribution in [0.15, 0.2) is 0 Å². The van der Waals surface area contributed by atoms with Crippen LogP contribution in [0, 0.1) is 17.8 Å². The number of amides is 3. The molecular formula is C25H47N3O5. The van der Waals surface area contributed by atoms with Gasteiger partial charge in [-0.3, -0.25) is 14.4 Å². The van der Waals surface area contributed by atoms with E-state index in [9.17, 15) is 14.4 Å². The van der Waals surface area contributed by atoms with E-state index in [1.54, 1.807) is 26.2 Å². The topological polar surface area (TPSA) is 88.2 Å². The lowest BCUT2D eigenvalue weighted by Crippen LogP contribution is -2.53. The molecular weight excluding hydrogens is 422 g/mol. The number of carbonyl (C=O) groups excluding carboxylic acids is 3. The Labute approximate surface area is 200 Å². The van der Waals surface area contributed by atoms with Crippen LogP contribution in [0.4, 0.5) is 0 Å². The van der Waals surface area contributed by atoms with Crippen molar-refractivity contribution >= 4 is 17.7 Å². The van der Waals surface area contributed by atoms with Crippen LogP contribution >= 0.6 is 0 Å². The lowest BCUT2D eigenvalue weighted by molar-refractivity contribution is -0.146. The molecule has 0 aromatic carbocycles. The Balaban J connectivity index is 3.07. The molecule has 3 amide bonds. The van der Waals surface area contributed by atoms with Gasteiger partial charge in [0.1, 0.15) is 0 Å². The fourth-order valence-corrected chi connectivity index (χ4v) is 5.05. The van der Waals surface area contributed by atoms with Gasteiger partial charge >= 0.3 is 0 Å². The smallest absolute Gasteiger partial charge is 0.225 e. The van der Waals surface area contributed by atoms with Crippen LogP contribution in [-0.4, -0.2) is 86.7 Å². The van der Waals surface area contributed by atoms with Crippen LogP contribution in [0.2, 0.25) is 0 Å². The minimum atomic E-state index is -0.410. The summed E-state index contributed by atoms with van der Waals surface area (Å²) in [6.07, 6.45) is 2.41. The van der Waals surface area contributed by atoms with Crippen molar-refractivity contribution in [2.45, 2.75) is 91.0 Å². The van der Waals surface area contributed by atoms with Crippen molar-refractivity contribution in [3.8, 4) is 0 Å². The summed E-state index contributed by atoms with van der Waals surface area (Å²) in [5, 5.41) is 2.68. The normalized spacial score (nSPS) is 20.8. The molecule has 1 fully saturated rings. The quantitative estimate of drug-likeness (QED) is 0.448. The highest BCUT2D eigenvalue weighted by molar-refractivity contribution is 5.80. The molecule has 0 aromatic heterocycles. The van der Waals surface area contributed by atoms with E-state index >= 15 is 0 Å². The molecule has 5 unspecified atom stereocenters. The predicted octanol–water partition coefficient (Wildman–Crippen LogP) is 2.70. The number of likely N-dealkylation sites (N-methyl/N-ethyl adjacent to an activating group) is 1. The molecule has 1 saturated heterocycles. The van der Waals surface area contributed by atoms with E-state index in [2.05, 4.69) is 19.2 Å². The van der Waals surface area contributed by atoms with Crippen molar-refractivity contribution in [3.63, 3.8) is 0 Å². The molecule has 0 aliphatic carbocycles. The van der Waals surface area contributed by atoms with Crippen molar-refractivity contribution in [1.82, 2.24) is 15.1 Å². The summed E-state index contributed by atoms with van der Waals surface area (Å²) in [5.74, 6) is 0.0237. The Hall–Kier alpha value is -1.67. The van der Waals surface area contributed by atoms with E-state index in [0.717, 1.165) is 19.3 Å². The fraction of sp³-hybridized carbons (Fsp3) is 0.880. The highest BCUT2D eigenvalue weighted by atomic mass is 16.5. The van der Waals surface area contributed by atoms with E-state index in [4.69, 9.17) is 9.47 Å². The third kappa shape index (κ3) is 7.67. The zero-order valence-electron chi connectivity index (χ0n) is 22.2. The Morgan fingerprint density at radius 3 is 2.21 bits per heavy atom. The maximum atomic E-state index is 13.5. The Kier molecular flexibility index (Phi) is 12.4. The van der Waals surface area contributed by atoms with E-state index < -0.39 is 6.10 Å². The number of ether oxygens (including phenoxy) is 2. The second-order valence-corrected chi connectivity index (χ2v) is 9.86. The maximum Gasteiger partial charge on any atom is 0.225 e. The molecule has 0 radical (unpaired) electrons. The highest BCUT2D eigenvalue weighted by Gasteiger charge is 2.41. The van der Waals surface area contributed by atoms with Crippen LogP contribution in [0.1, 0.15) is 66.7 Å². The third-order valence-electron chi connectivity index (χ3n) is 7.13. The number of likely N-dealkylation sites (tertiary alicyclic amines) is 1. The predicted molar refractivity (Wildman–Crippen MR) is 130 cm³/mol. The van der Waals surface area contributed by atoms with Crippen molar-refractivity contribution < 1.29 is 23.9 Å². The largest absolute Gasteiger partial charge is 0.379 e. The van der Waals surface area contributed by atoms with Crippen molar-refractivity contribution in [3.05, 3.63) is 0 Å². The number of nitrogens with zero attached hydrogens (tertiary/aromatic N) is 2. The first-order chi connectivity index (χ1) is 15.5. The van der Waals surface area contributed by atoms with Gasteiger partial charge in [-0.05, 0) is 24.7 Å². The minimum Gasteiger partial charge on any atom is -0.379 e. The van der Waals surface area contributed by atoms with Gasteiger partial charge in [0.25, 0.3) is 0 Å². The van der Waals surface area contributed by atoms with E-state index in [-0.39, 0.29) is 60.1 Å². The van der Waals surface area contributed by atoms with Gasteiger partial charge in [0, 0.05) is 41.3 Å². The molecule has 8 heteroatoms. The molecule has 0 bridgehead atoms. The first-order valence-electron chi connectivity index (χ1n) is 12.4. The molecule has 1 aliphatic heterocycles. The molecule has 1 N–H and O–H groups in total. The summed E-state index contributed by atoms with van der Waals surface area (Å²) in [6.45, 7) is 10.7. The summed E-state index contributed by atoms with van der Waals surface area (Å²) in [6, 6.07) is -0.353. The summed E-state index contributed by atoms with van der Waals surface area (Å²) < 4.78 is 11.5. The van der Waals surface area contributed by atoms with Gasteiger partial charge in [-0.15, -0.1) is 0 Å². The van der Waals surface area contributed by atoms with Gasteiger partial charge in [-0.25, -0.2) is 0 Å². The van der Waals surface area contributed by atoms with Gasteiger partial charge in [-0.2, -0.15) is 0 Å². The molecule has 0 spiro atoms. The summed E-state index contributed by atoms with van der Waals surface area (Å²) >= 11 is 0. The third-order valence-corrected chi connectivity index (χ3v) is 7.13. The zero-order chi connectivity index (χ0) is 25.3.